The summed E-state index contributed by atoms with van der Waals surface area (Å²) in [5.41, 5.74) is 1.00. The maximum atomic E-state index is 11.9. The predicted octanol–water partition coefficient (Wildman–Crippen LogP) is 2.99. The number of hydrogen-bond donors (Lipinski definition) is 1. The largest absolute Gasteiger partial charge is 0.456 e. The first-order chi connectivity index (χ1) is 9.85. The number of nitrogens with zero attached hydrogens (tertiary/aromatic N) is 2. The second-order valence-corrected chi connectivity index (χ2v) is 5.89. The number of imidazole rings is 1. The molecule has 0 aliphatic heterocycles. The van der Waals surface area contributed by atoms with Crippen LogP contribution in [0.5, 0.6) is 0 Å². The Hall–Kier alpha value is -2.30. The lowest BCUT2D eigenvalue weighted by molar-refractivity contribution is 0.00696. The Labute approximate surface area is 125 Å². The number of nitrogens with one attached hydrogen (secondary N) is 1. The number of hydrogen-bond acceptors (Lipinski definition) is 4. The first-order valence-electron chi connectivity index (χ1n) is 6.89. The first-order valence-corrected chi connectivity index (χ1v) is 6.89. The fourth-order valence-electron chi connectivity index (χ4n) is 1.81. The van der Waals surface area contributed by atoms with Gasteiger partial charge in [0.05, 0.1) is 12.1 Å². The van der Waals surface area contributed by atoms with Crippen LogP contribution in [0.4, 0.5) is 5.69 Å². The molecular formula is C16H21N3O2. The first kappa shape index (κ1) is 15.1. The van der Waals surface area contributed by atoms with Crippen molar-refractivity contribution in [1.29, 1.82) is 0 Å². The molecule has 0 saturated carbocycles. The number of carbonyl (C=O) groups excluding carboxylic acids is 1. The summed E-state index contributed by atoms with van der Waals surface area (Å²) in [6.07, 6.45) is 3.67. The van der Waals surface area contributed by atoms with Gasteiger partial charge in [-0.15, -0.1) is 0 Å². The van der Waals surface area contributed by atoms with E-state index in [1.807, 2.05) is 50.7 Å². The summed E-state index contributed by atoms with van der Waals surface area (Å²) < 4.78 is 7.29. The fourth-order valence-corrected chi connectivity index (χ4v) is 1.81. The molecule has 0 unspecified atom stereocenters. The Bertz CT molecular complexity index is 609. The van der Waals surface area contributed by atoms with E-state index in [0.717, 1.165) is 11.5 Å². The van der Waals surface area contributed by atoms with Crippen LogP contribution in [0.25, 0.3) is 0 Å². The quantitative estimate of drug-likeness (QED) is 0.878. The lowest BCUT2D eigenvalue weighted by Gasteiger charge is -2.19. The van der Waals surface area contributed by atoms with E-state index in [-0.39, 0.29) is 5.97 Å². The number of carbonyl (C=O) groups is 1. The molecule has 0 aliphatic carbocycles. The third-order valence-electron chi connectivity index (χ3n) is 2.89. The van der Waals surface area contributed by atoms with Crippen LogP contribution in [0.1, 0.15) is 37.0 Å². The highest BCUT2D eigenvalue weighted by Gasteiger charge is 2.17. The molecule has 0 aliphatic rings. The highest BCUT2D eigenvalue weighted by atomic mass is 16.6. The molecule has 0 spiro atoms. The summed E-state index contributed by atoms with van der Waals surface area (Å²) >= 11 is 0. The molecule has 5 heteroatoms. The van der Waals surface area contributed by atoms with Crippen LogP contribution in [0, 0.1) is 0 Å². The van der Waals surface area contributed by atoms with Crippen molar-refractivity contribution in [2.75, 3.05) is 5.32 Å². The van der Waals surface area contributed by atoms with Crippen LogP contribution in [0.3, 0.4) is 0 Å². The van der Waals surface area contributed by atoms with Gasteiger partial charge >= 0.3 is 5.97 Å². The number of ether oxygens (including phenoxy) is 1. The molecule has 1 N–H and O–H groups in total. The molecule has 0 radical (unpaired) electrons. The van der Waals surface area contributed by atoms with Crippen molar-refractivity contribution in [3.8, 4) is 0 Å². The van der Waals surface area contributed by atoms with Crippen LogP contribution in [-0.2, 0) is 18.3 Å². The van der Waals surface area contributed by atoms with Crippen LogP contribution in [0.15, 0.2) is 36.7 Å². The van der Waals surface area contributed by atoms with Crippen LogP contribution in [-0.4, -0.2) is 21.1 Å². The van der Waals surface area contributed by atoms with Gasteiger partial charge in [-0.3, -0.25) is 0 Å². The molecule has 21 heavy (non-hydrogen) atoms. The molecule has 0 amide bonds. The van der Waals surface area contributed by atoms with Gasteiger partial charge in [0.25, 0.3) is 0 Å². The number of anilines is 1. The van der Waals surface area contributed by atoms with Gasteiger partial charge in [0.1, 0.15) is 11.4 Å². The Morgan fingerprint density at radius 1 is 1.29 bits per heavy atom. The summed E-state index contributed by atoms with van der Waals surface area (Å²) in [4.78, 5) is 16.1. The van der Waals surface area contributed by atoms with Gasteiger partial charge in [0.2, 0.25) is 0 Å². The van der Waals surface area contributed by atoms with E-state index in [2.05, 4.69) is 10.3 Å². The van der Waals surface area contributed by atoms with E-state index in [4.69, 9.17) is 4.74 Å². The lowest BCUT2D eigenvalue weighted by Crippen LogP contribution is -2.23. The highest BCUT2D eigenvalue weighted by molar-refractivity contribution is 5.90. The number of aromatic nitrogens is 2. The molecule has 0 atom stereocenters. The van der Waals surface area contributed by atoms with Gasteiger partial charge in [-0.05, 0) is 45.0 Å². The highest BCUT2D eigenvalue weighted by Crippen LogP contribution is 2.15. The van der Waals surface area contributed by atoms with Crippen LogP contribution in [0.2, 0.25) is 0 Å². The molecule has 2 aromatic rings. The lowest BCUT2D eigenvalue weighted by atomic mass is 10.1. The average molecular weight is 287 g/mol. The maximum Gasteiger partial charge on any atom is 0.338 e. The van der Waals surface area contributed by atoms with Gasteiger partial charge in [0, 0.05) is 25.1 Å². The Balaban J connectivity index is 1.96. The summed E-state index contributed by atoms with van der Waals surface area (Å²) in [6.45, 7) is 6.20. The molecule has 0 bridgehead atoms. The minimum Gasteiger partial charge on any atom is -0.456 e. The minimum absolute atomic E-state index is 0.307. The molecule has 5 nitrogen and oxygen atoms in total. The van der Waals surface area contributed by atoms with Crippen LogP contribution < -0.4 is 5.32 Å². The summed E-state index contributed by atoms with van der Waals surface area (Å²) in [5.74, 6) is 0.643. The van der Waals surface area contributed by atoms with Crippen molar-refractivity contribution in [2.24, 2.45) is 7.05 Å². The van der Waals surface area contributed by atoms with E-state index in [9.17, 15) is 4.79 Å². The van der Waals surface area contributed by atoms with E-state index in [1.54, 1.807) is 18.3 Å². The van der Waals surface area contributed by atoms with Crippen molar-refractivity contribution in [2.45, 2.75) is 32.9 Å². The number of rotatable bonds is 4. The molecule has 0 saturated heterocycles. The monoisotopic (exact) mass is 287 g/mol. The number of esters is 1. The summed E-state index contributed by atoms with van der Waals surface area (Å²) in [5, 5.41) is 3.27. The van der Waals surface area contributed by atoms with Gasteiger partial charge < -0.3 is 14.6 Å². The normalized spacial score (nSPS) is 11.2. The molecule has 1 heterocycles. The van der Waals surface area contributed by atoms with E-state index in [0.29, 0.717) is 12.1 Å². The summed E-state index contributed by atoms with van der Waals surface area (Å²) in [6, 6.07) is 7.24. The van der Waals surface area contributed by atoms with Gasteiger partial charge in [-0.1, -0.05) is 0 Å². The van der Waals surface area contributed by atoms with Crippen molar-refractivity contribution in [1.82, 2.24) is 9.55 Å². The standard InChI is InChI=1S/C16H21N3O2/c1-16(2,3)21-15(20)12-5-7-13(8-6-12)18-11-14-17-9-10-19(14)4/h5-10,18H,11H2,1-4H3. The zero-order valence-corrected chi connectivity index (χ0v) is 12.9. The van der Waals surface area contributed by atoms with Crippen molar-refractivity contribution in [3.05, 3.63) is 48.0 Å². The Kier molecular flexibility index (Phi) is 4.31. The van der Waals surface area contributed by atoms with Crippen LogP contribution >= 0.6 is 0 Å². The number of aryl methyl sites for hydroxylation is 1. The topological polar surface area (TPSA) is 56.2 Å². The maximum absolute atomic E-state index is 11.9. The Morgan fingerprint density at radius 2 is 1.95 bits per heavy atom. The Morgan fingerprint density at radius 3 is 2.48 bits per heavy atom. The molecule has 1 aromatic carbocycles. The van der Waals surface area contributed by atoms with Crippen molar-refractivity contribution in [3.63, 3.8) is 0 Å². The van der Waals surface area contributed by atoms with E-state index < -0.39 is 5.60 Å². The average Bonchev–Trinajstić information content (AvgIpc) is 2.80. The number of benzene rings is 1. The minimum atomic E-state index is -0.480. The zero-order valence-electron chi connectivity index (χ0n) is 12.9. The molecule has 0 fully saturated rings. The molecular weight excluding hydrogens is 266 g/mol. The smallest absolute Gasteiger partial charge is 0.338 e. The predicted molar refractivity (Wildman–Crippen MR) is 82.1 cm³/mol. The molecule has 112 valence electrons. The SMILES string of the molecule is Cn1ccnc1CNc1ccc(C(=O)OC(C)(C)C)cc1. The van der Waals surface area contributed by atoms with Gasteiger partial charge in [-0.25, -0.2) is 9.78 Å². The molecule has 1 aromatic heterocycles. The third kappa shape index (κ3) is 4.34. The van der Waals surface area contributed by atoms with Gasteiger partial charge in [-0.2, -0.15) is 0 Å². The zero-order chi connectivity index (χ0) is 15.5. The fraction of sp³-hybridized carbons (Fsp3) is 0.375. The molecule has 2 rings (SSSR count). The second-order valence-electron chi connectivity index (χ2n) is 5.89. The third-order valence-corrected chi connectivity index (χ3v) is 2.89. The second kappa shape index (κ2) is 5.99. The van der Waals surface area contributed by atoms with Crippen molar-refractivity contribution < 1.29 is 9.53 Å². The van der Waals surface area contributed by atoms with Gasteiger partial charge in [0.15, 0.2) is 0 Å². The van der Waals surface area contributed by atoms with Crippen molar-refractivity contribution >= 4 is 11.7 Å². The summed E-state index contributed by atoms with van der Waals surface area (Å²) in [7, 11) is 1.95. The van der Waals surface area contributed by atoms with E-state index in [1.165, 1.54) is 0 Å². The van der Waals surface area contributed by atoms with E-state index >= 15 is 0 Å².